The number of esters is 2. The zero-order valence-electron chi connectivity index (χ0n) is 39.5. The van der Waals surface area contributed by atoms with E-state index < -0.39 is 86.2 Å². The SMILES string of the molecule is COC(=O)[C@@H](NP(=O)(Cl)Oc1ccc(Br)cc1)C(C)C.COC(=O)[C@@H](NP(=O)(OC[C@@H]1OC[C@H](n2cc(C)c(=O)[nH]c2=O)O1)Oc1ccc(Br)cc1)C(C)C.Cc1cn([C@H]2CO[C@@H](CO)O2)c(=O)[nH]c1=O. The van der Waals surface area contributed by atoms with E-state index in [4.69, 9.17) is 53.6 Å². The number of aromatic nitrogens is 4. The van der Waals surface area contributed by atoms with Crippen molar-refractivity contribution in [3.63, 3.8) is 0 Å². The number of ether oxygens (including phenoxy) is 6. The van der Waals surface area contributed by atoms with E-state index in [2.05, 4.69) is 56.7 Å². The Hall–Kier alpha value is -4.27. The Morgan fingerprint density at radius 2 is 1.14 bits per heavy atom. The quantitative estimate of drug-likeness (QED) is 0.0636. The number of benzene rings is 2. The van der Waals surface area contributed by atoms with Gasteiger partial charge in [0.1, 0.15) is 30.2 Å². The number of aryl methyl sites for hydroxylation is 2. The first-order valence-electron chi connectivity index (χ1n) is 21.3. The molecule has 5 N–H and O–H groups in total. The van der Waals surface area contributed by atoms with Crippen molar-refractivity contribution in [3.05, 3.63) is 123 Å². The van der Waals surface area contributed by atoms with Gasteiger partial charge in [-0.25, -0.2) is 23.8 Å². The molecule has 2 unspecified atom stereocenters. The summed E-state index contributed by atoms with van der Waals surface area (Å²) in [5.41, 5.74) is -1.38. The molecule has 24 nitrogen and oxygen atoms in total. The lowest BCUT2D eigenvalue weighted by Gasteiger charge is -2.26. The average molecular weight is 1190 g/mol. The first kappa shape index (κ1) is 59.3. The van der Waals surface area contributed by atoms with Crippen LogP contribution in [-0.2, 0) is 51.7 Å². The number of nitrogens with one attached hydrogen (secondary N) is 4. The second-order valence-corrected chi connectivity index (χ2v) is 22.2. The number of nitrogens with zero attached hydrogens (tertiary/aromatic N) is 2. The maximum absolute atomic E-state index is 13.7. The Labute approximate surface area is 428 Å². The Morgan fingerprint density at radius 3 is 1.55 bits per heavy atom. The second kappa shape index (κ2) is 27.1. The normalized spacial score (nSPS) is 20.0. The zero-order chi connectivity index (χ0) is 52.8. The summed E-state index contributed by atoms with van der Waals surface area (Å²) in [6.07, 6.45) is -0.382. The number of hydrogen-bond acceptors (Lipinski definition) is 18. The number of methoxy groups -OCH3 is 2. The lowest BCUT2D eigenvalue weighted by Crippen LogP contribution is -2.41. The fraction of sp³-hybridized carbons (Fsp3) is 0.476. The van der Waals surface area contributed by atoms with Gasteiger partial charge in [-0.05, 0) is 74.2 Å². The molecule has 29 heteroatoms. The van der Waals surface area contributed by atoms with Crippen LogP contribution in [0.5, 0.6) is 11.5 Å². The molecule has 0 saturated carbocycles. The molecular formula is C42H55Br2ClN6O18P2. The van der Waals surface area contributed by atoms with E-state index >= 15 is 0 Å². The van der Waals surface area contributed by atoms with Gasteiger partial charge in [0.25, 0.3) is 11.1 Å². The maximum atomic E-state index is 13.7. The van der Waals surface area contributed by atoms with Gasteiger partial charge >= 0.3 is 37.9 Å². The van der Waals surface area contributed by atoms with Crippen molar-refractivity contribution in [2.24, 2.45) is 11.8 Å². The summed E-state index contributed by atoms with van der Waals surface area (Å²) in [5.74, 6) is -1.05. The van der Waals surface area contributed by atoms with Crippen molar-refractivity contribution in [2.45, 2.75) is 78.7 Å². The smallest absolute Gasteiger partial charge is 0.459 e. The highest BCUT2D eigenvalue weighted by Crippen LogP contribution is 2.49. The topological polar surface area (TPSA) is 305 Å². The number of aliphatic hydroxyl groups excluding tert-OH is 1. The van der Waals surface area contributed by atoms with Crippen LogP contribution in [0.2, 0.25) is 0 Å². The van der Waals surface area contributed by atoms with Gasteiger partial charge in [0, 0.05) is 43.7 Å². The Bertz CT molecular complexity index is 2760. The van der Waals surface area contributed by atoms with E-state index in [0.29, 0.717) is 16.9 Å². The van der Waals surface area contributed by atoms with Crippen molar-refractivity contribution < 1.29 is 65.8 Å². The van der Waals surface area contributed by atoms with Gasteiger partial charge < -0.3 is 42.6 Å². The lowest BCUT2D eigenvalue weighted by molar-refractivity contribution is -0.144. The summed E-state index contributed by atoms with van der Waals surface area (Å²) in [5, 5.41) is 14.0. The molecule has 0 aliphatic carbocycles. The van der Waals surface area contributed by atoms with Crippen molar-refractivity contribution in [1.29, 1.82) is 0 Å². The van der Waals surface area contributed by atoms with Gasteiger partial charge in [0.05, 0.1) is 34.0 Å². The predicted molar refractivity (Wildman–Crippen MR) is 263 cm³/mol. The minimum Gasteiger partial charge on any atom is -0.468 e. The minimum atomic E-state index is -4.14. The molecule has 4 heterocycles. The van der Waals surface area contributed by atoms with Crippen LogP contribution < -0.4 is 41.7 Å². The molecule has 2 aliphatic heterocycles. The van der Waals surface area contributed by atoms with Crippen molar-refractivity contribution >= 4 is 69.7 Å². The Balaban J connectivity index is 0.000000256. The number of halogens is 3. The van der Waals surface area contributed by atoms with Gasteiger partial charge in [-0.3, -0.25) is 42.8 Å². The summed E-state index contributed by atoms with van der Waals surface area (Å²) < 4.78 is 77.4. The third kappa shape index (κ3) is 18.0. The molecule has 8 atom stereocenters. The average Bonchev–Trinajstić information content (AvgIpc) is 4.01. The number of hydrogen-bond donors (Lipinski definition) is 5. The van der Waals surface area contributed by atoms with Crippen LogP contribution in [0.4, 0.5) is 0 Å². The predicted octanol–water partition coefficient (Wildman–Crippen LogP) is 5.14. The summed E-state index contributed by atoms with van der Waals surface area (Å²) in [7, 11) is -1.66. The standard InChI is InChI=1S/C21H27BrN3O9P.C12H16BrClNO4P.C9H12N2O5/c1-12(2)18(20(27)30-4)24-35(29,34-15-7-5-14(22)6-8-15)32-11-17-31-10-16(33-17)25-9-13(3)19(26)23-21(25)28;1-8(2)11(12(16)18-3)15-20(14,17)19-10-6-4-9(13)5-7-10;1-5-2-11(9(14)10-8(5)13)6-4-15-7(3-12)16-6/h5-9,12,16-18H,10-11H2,1-4H3,(H,24,29)(H,23,26,28);4-8,11H,1-3H3,(H,15,17);2,6-7,12H,3-4H2,1H3,(H,10,13,14)/t16-,17-,18+,35?;11-,20?;6-,7-/m101/s1. The molecule has 0 bridgehead atoms. The number of rotatable bonds is 18. The minimum absolute atomic E-state index is 0.0124. The molecule has 2 aliphatic rings. The van der Waals surface area contributed by atoms with Gasteiger partial charge in [0.2, 0.25) is 0 Å². The van der Waals surface area contributed by atoms with Crippen molar-refractivity contribution in [2.75, 3.05) is 40.6 Å². The van der Waals surface area contributed by atoms with Crippen LogP contribution in [0.1, 0.15) is 51.3 Å². The van der Waals surface area contributed by atoms with Crippen LogP contribution in [0.25, 0.3) is 0 Å². The van der Waals surface area contributed by atoms with Crippen LogP contribution in [-0.4, -0.2) is 101 Å². The fourth-order valence-electron chi connectivity index (χ4n) is 6.04. The van der Waals surface area contributed by atoms with E-state index in [-0.39, 0.29) is 44.0 Å². The van der Waals surface area contributed by atoms with Crippen molar-refractivity contribution in [3.8, 4) is 11.5 Å². The third-order valence-corrected chi connectivity index (χ3v) is 13.9. The molecule has 4 aromatic rings. The monoisotopic (exact) mass is 1190 g/mol. The number of aromatic amines is 2. The molecule has 2 fully saturated rings. The lowest BCUT2D eigenvalue weighted by atomic mass is 10.1. The van der Waals surface area contributed by atoms with E-state index in [1.807, 2.05) is 0 Å². The highest BCUT2D eigenvalue weighted by atomic mass is 79.9. The van der Waals surface area contributed by atoms with Crippen LogP contribution in [0, 0.1) is 25.7 Å². The maximum Gasteiger partial charge on any atom is 0.459 e. The zero-order valence-corrected chi connectivity index (χ0v) is 45.2. The molecule has 6 rings (SSSR count). The molecule has 0 amide bonds. The first-order chi connectivity index (χ1) is 33.4. The van der Waals surface area contributed by atoms with E-state index in [9.17, 15) is 37.9 Å². The van der Waals surface area contributed by atoms with Gasteiger partial charge in [-0.1, -0.05) is 59.6 Å². The number of aliphatic hydroxyl groups is 1. The number of carbonyl (C=O) groups excluding carboxylic acids is 2. The summed E-state index contributed by atoms with van der Waals surface area (Å²) in [6, 6.07) is 11.4. The van der Waals surface area contributed by atoms with Gasteiger partial charge in [-0.2, -0.15) is 5.09 Å². The largest absolute Gasteiger partial charge is 0.468 e. The third-order valence-electron chi connectivity index (χ3n) is 9.82. The van der Waals surface area contributed by atoms with Crippen molar-refractivity contribution in [1.82, 2.24) is 29.3 Å². The molecular weight excluding hydrogens is 1130 g/mol. The van der Waals surface area contributed by atoms with E-state index in [0.717, 1.165) is 8.95 Å². The summed E-state index contributed by atoms with van der Waals surface area (Å²) in [6.45, 7) is 6.04. The number of H-pyrrole nitrogens is 2. The van der Waals surface area contributed by atoms with Gasteiger partial charge in [-0.15, -0.1) is 0 Å². The van der Waals surface area contributed by atoms with E-state index in [1.165, 1.54) is 35.7 Å². The highest BCUT2D eigenvalue weighted by molar-refractivity contribution is 9.10. The molecule has 392 valence electrons. The molecule has 2 aromatic heterocycles. The number of carbonyl (C=O) groups is 2. The second-order valence-electron chi connectivity index (χ2n) is 16.0. The molecule has 0 radical (unpaired) electrons. The van der Waals surface area contributed by atoms with Crippen LogP contribution in [0.15, 0.2) is 89.0 Å². The molecule has 71 heavy (non-hydrogen) atoms. The Morgan fingerprint density at radius 1 is 0.732 bits per heavy atom. The summed E-state index contributed by atoms with van der Waals surface area (Å²) >= 11 is 12.4. The molecule has 0 spiro atoms. The first-order valence-corrected chi connectivity index (χ1v) is 27.0. The highest BCUT2D eigenvalue weighted by Gasteiger charge is 2.39. The summed E-state index contributed by atoms with van der Waals surface area (Å²) in [4.78, 5) is 74.6. The van der Waals surface area contributed by atoms with Gasteiger partial charge in [0.15, 0.2) is 25.0 Å². The van der Waals surface area contributed by atoms with E-state index in [1.54, 1.807) is 90.1 Å². The molecule has 2 aromatic carbocycles. The Kier molecular flexibility index (Phi) is 22.7. The fourth-order valence-corrected chi connectivity index (χ4v) is 9.95. The van der Waals surface area contributed by atoms with Crippen LogP contribution >= 0.6 is 57.7 Å². The molecule has 2 saturated heterocycles. The van der Waals surface area contributed by atoms with Crippen LogP contribution in [0.3, 0.4) is 0 Å².